The van der Waals surface area contributed by atoms with Gasteiger partial charge < -0.3 is 4.90 Å². The zero-order chi connectivity index (χ0) is 16.3. The number of hydrogen-bond donors (Lipinski definition) is 0. The van der Waals surface area contributed by atoms with E-state index in [0.29, 0.717) is 18.9 Å². The SMILES string of the molecule is Cc1nnc(SCC(=O)N(CC(C)C)[C@H]2CCS(=O)(=O)C2)s1. The van der Waals surface area contributed by atoms with Crippen LogP contribution in [0.25, 0.3) is 0 Å². The molecule has 0 aromatic carbocycles. The highest BCUT2D eigenvalue weighted by atomic mass is 32.2. The fourth-order valence-corrected chi connectivity index (χ4v) is 5.84. The van der Waals surface area contributed by atoms with Crippen LogP contribution in [0.1, 0.15) is 25.3 Å². The molecule has 9 heteroatoms. The standard InChI is InChI=1S/C13H21N3O3S3/c1-9(2)6-16(11-4-5-22(18,19)8-11)12(17)7-20-13-15-14-10(3)21-13/h9,11H,4-8H2,1-3H3/t11-/m0/s1. The van der Waals surface area contributed by atoms with Gasteiger partial charge in [0.1, 0.15) is 5.01 Å². The molecule has 0 spiro atoms. The van der Waals surface area contributed by atoms with Crippen LogP contribution in [0.3, 0.4) is 0 Å². The van der Waals surface area contributed by atoms with E-state index in [1.54, 1.807) is 4.90 Å². The summed E-state index contributed by atoms with van der Waals surface area (Å²) >= 11 is 2.83. The van der Waals surface area contributed by atoms with Gasteiger partial charge in [0.15, 0.2) is 14.2 Å². The molecule has 2 heterocycles. The first-order valence-electron chi connectivity index (χ1n) is 7.19. The van der Waals surface area contributed by atoms with Crippen molar-refractivity contribution in [3.8, 4) is 0 Å². The van der Waals surface area contributed by atoms with Gasteiger partial charge in [0, 0.05) is 12.6 Å². The summed E-state index contributed by atoms with van der Waals surface area (Å²) in [5, 5.41) is 8.79. The molecule has 1 aliphatic rings. The van der Waals surface area contributed by atoms with E-state index in [2.05, 4.69) is 10.2 Å². The van der Waals surface area contributed by atoms with Crippen LogP contribution in [0.2, 0.25) is 0 Å². The van der Waals surface area contributed by atoms with Crippen LogP contribution < -0.4 is 0 Å². The molecule has 1 amide bonds. The lowest BCUT2D eigenvalue weighted by molar-refractivity contribution is -0.130. The first kappa shape index (κ1) is 17.7. The van der Waals surface area contributed by atoms with Gasteiger partial charge in [-0.3, -0.25) is 4.79 Å². The number of carbonyl (C=O) groups excluding carboxylic acids is 1. The molecule has 1 aromatic rings. The van der Waals surface area contributed by atoms with Crippen molar-refractivity contribution in [1.29, 1.82) is 0 Å². The Labute approximate surface area is 139 Å². The molecule has 2 rings (SSSR count). The molecule has 1 atom stereocenters. The fraction of sp³-hybridized carbons (Fsp3) is 0.769. The van der Waals surface area contributed by atoms with Gasteiger partial charge in [0.05, 0.1) is 17.3 Å². The highest BCUT2D eigenvalue weighted by Gasteiger charge is 2.34. The minimum Gasteiger partial charge on any atom is -0.338 e. The van der Waals surface area contributed by atoms with Crippen molar-refractivity contribution in [1.82, 2.24) is 15.1 Å². The Kier molecular flexibility index (Phi) is 5.84. The van der Waals surface area contributed by atoms with Crippen molar-refractivity contribution in [3.63, 3.8) is 0 Å². The molecule has 0 bridgehead atoms. The molecular formula is C13H21N3O3S3. The summed E-state index contributed by atoms with van der Waals surface area (Å²) < 4.78 is 24.1. The monoisotopic (exact) mass is 363 g/mol. The summed E-state index contributed by atoms with van der Waals surface area (Å²) in [6, 6.07) is -0.184. The summed E-state index contributed by atoms with van der Waals surface area (Å²) in [7, 11) is -2.99. The van der Waals surface area contributed by atoms with E-state index in [4.69, 9.17) is 0 Å². The number of rotatable bonds is 6. The predicted octanol–water partition coefficient (Wildman–Crippen LogP) is 1.61. The van der Waals surface area contributed by atoms with Crippen molar-refractivity contribution in [2.24, 2.45) is 5.92 Å². The number of aryl methyl sites for hydroxylation is 1. The Morgan fingerprint density at radius 3 is 2.68 bits per heavy atom. The molecular weight excluding hydrogens is 342 g/mol. The van der Waals surface area contributed by atoms with Gasteiger partial charge in [-0.1, -0.05) is 36.9 Å². The second-order valence-corrected chi connectivity index (χ2v) is 10.5. The second kappa shape index (κ2) is 7.27. The van der Waals surface area contributed by atoms with E-state index >= 15 is 0 Å². The van der Waals surface area contributed by atoms with Crippen LogP contribution in [-0.2, 0) is 14.6 Å². The number of nitrogens with zero attached hydrogens (tertiary/aromatic N) is 3. The maximum atomic E-state index is 12.5. The molecule has 22 heavy (non-hydrogen) atoms. The Morgan fingerprint density at radius 1 is 1.45 bits per heavy atom. The van der Waals surface area contributed by atoms with Crippen molar-refractivity contribution < 1.29 is 13.2 Å². The van der Waals surface area contributed by atoms with Gasteiger partial charge in [-0.05, 0) is 19.3 Å². The van der Waals surface area contributed by atoms with E-state index in [1.807, 2.05) is 20.8 Å². The number of thioether (sulfide) groups is 1. The van der Waals surface area contributed by atoms with Crippen LogP contribution in [0.4, 0.5) is 0 Å². The van der Waals surface area contributed by atoms with E-state index in [1.165, 1.54) is 23.1 Å². The minimum absolute atomic E-state index is 0.0198. The Morgan fingerprint density at radius 2 is 2.18 bits per heavy atom. The summed E-state index contributed by atoms with van der Waals surface area (Å²) in [6.07, 6.45) is 0.545. The van der Waals surface area contributed by atoms with Gasteiger partial charge in [0.2, 0.25) is 5.91 Å². The summed E-state index contributed by atoms with van der Waals surface area (Å²) in [5.41, 5.74) is 0. The number of sulfone groups is 1. The average molecular weight is 364 g/mol. The number of carbonyl (C=O) groups is 1. The normalized spacial score (nSPS) is 20.5. The van der Waals surface area contributed by atoms with E-state index in [0.717, 1.165) is 9.35 Å². The smallest absolute Gasteiger partial charge is 0.233 e. The Hall–Kier alpha value is -0.670. The highest BCUT2D eigenvalue weighted by molar-refractivity contribution is 8.01. The van der Waals surface area contributed by atoms with Crippen LogP contribution in [0.5, 0.6) is 0 Å². The van der Waals surface area contributed by atoms with Crippen LogP contribution in [-0.4, -0.2) is 59.3 Å². The number of amides is 1. The van der Waals surface area contributed by atoms with Gasteiger partial charge >= 0.3 is 0 Å². The molecule has 0 N–H and O–H groups in total. The molecule has 1 saturated heterocycles. The highest BCUT2D eigenvalue weighted by Crippen LogP contribution is 2.24. The molecule has 0 unspecified atom stereocenters. The summed E-state index contributed by atoms with van der Waals surface area (Å²) in [4.78, 5) is 14.3. The second-order valence-electron chi connectivity index (χ2n) is 5.87. The van der Waals surface area contributed by atoms with Crippen molar-refractivity contribution in [2.75, 3.05) is 23.8 Å². The Balaban J connectivity index is 2.00. The van der Waals surface area contributed by atoms with Crippen molar-refractivity contribution in [3.05, 3.63) is 5.01 Å². The quantitative estimate of drug-likeness (QED) is 0.714. The largest absolute Gasteiger partial charge is 0.338 e. The first-order chi connectivity index (χ1) is 10.3. The fourth-order valence-electron chi connectivity index (χ4n) is 2.41. The molecule has 1 fully saturated rings. The molecule has 0 saturated carbocycles. The summed E-state index contributed by atoms with van der Waals surface area (Å²) in [5.74, 6) is 0.837. The molecule has 1 aliphatic heterocycles. The minimum atomic E-state index is -2.99. The zero-order valence-electron chi connectivity index (χ0n) is 13.0. The van der Waals surface area contributed by atoms with E-state index < -0.39 is 9.84 Å². The third kappa shape index (κ3) is 4.92. The molecule has 6 nitrogen and oxygen atoms in total. The van der Waals surface area contributed by atoms with Crippen molar-refractivity contribution in [2.45, 2.75) is 37.6 Å². The van der Waals surface area contributed by atoms with E-state index in [9.17, 15) is 13.2 Å². The maximum Gasteiger partial charge on any atom is 0.233 e. The Bertz CT molecular complexity index is 627. The average Bonchev–Trinajstić information content (AvgIpc) is 2.98. The van der Waals surface area contributed by atoms with E-state index in [-0.39, 0.29) is 29.2 Å². The molecule has 0 aliphatic carbocycles. The predicted molar refractivity (Wildman–Crippen MR) is 89.0 cm³/mol. The lowest BCUT2D eigenvalue weighted by Gasteiger charge is -2.29. The zero-order valence-corrected chi connectivity index (χ0v) is 15.4. The lowest BCUT2D eigenvalue weighted by Crippen LogP contribution is -2.44. The van der Waals surface area contributed by atoms with Gasteiger partial charge in [-0.2, -0.15) is 0 Å². The topological polar surface area (TPSA) is 80.2 Å². The lowest BCUT2D eigenvalue weighted by atomic mass is 10.1. The van der Waals surface area contributed by atoms with Gasteiger partial charge in [-0.25, -0.2) is 8.42 Å². The molecule has 1 aromatic heterocycles. The molecule has 0 radical (unpaired) electrons. The third-order valence-electron chi connectivity index (χ3n) is 3.36. The molecule has 124 valence electrons. The summed E-state index contributed by atoms with van der Waals surface area (Å²) in [6.45, 7) is 6.53. The number of aromatic nitrogens is 2. The van der Waals surface area contributed by atoms with Crippen LogP contribution >= 0.6 is 23.1 Å². The maximum absolute atomic E-state index is 12.5. The third-order valence-corrected chi connectivity index (χ3v) is 7.07. The first-order valence-corrected chi connectivity index (χ1v) is 10.8. The van der Waals surface area contributed by atoms with Crippen LogP contribution in [0.15, 0.2) is 4.34 Å². The van der Waals surface area contributed by atoms with Gasteiger partial charge in [0.25, 0.3) is 0 Å². The van der Waals surface area contributed by atoms with Crippen molar-refractivity contribution >= 4 is 38.8 Å². The van der Waals surface area contributed by atoms with Crippen LogP contribution in [0, 0.1) is 12.8 Å². The number of hydrogen-bond acceptors (Lipinski definition) is 7. The van der Waals surface area contributed by atoms with Gasteiger partial charge in [-0.15, -0.1) is 10.2 Å².